The summed E-state index contributed by atoms with van der Waals surface area (Å²) in [6.45, 7) is 1.91. The minimum absolute atomic E-state index is 0.00733. The maximum Gasteiger partial charge on any atom is 0.204 e. The summed E-state index contributed by atoms with van der Waals surface area (Å²) in [6, 6.07) is 7.03. The molecule has 0 aliphatic rings. The van der Waals surface area contributed by atoms with Crippen molar-refractivity contribution in [1.82, 2.24) is 0 Å². The smallest absolute Gasteiger partial charge is 0.204 e. The molecule has 5 heteroatoms. The van der Waals surface area contributed by atoms with Crippen LogP contribution in [-0.4, -0.2) is 25.9 Å². The Balaban J connectivity index is 2.43. The maximum atomic E-state index is 12.9. The van der Waals surface area contributed by atoms with Gasteiger partial charge in [-0.2, -0.15) is 0 Å². The molecule has 2 aromatic carbocycles. The Morgan fingerprint density at radius 1 is 1.04 bits per heavy atom. The molecule has 3 aromatic rings. The molecule has 0 fully saturated rings. The highest BCUT2D eigenvalue weighted by Crippen LogP contribution is 2.31. The van der Waals surface area contributed by atoms with Crippen LogP contribution in [0.3, 0.4) is 0 Å². The molecule has 5 nitrogen and oxygen atoms in total. The van der Waals surface area contributed by atoms with Gasteiger partial charge in [-0.3, -0.25) is 4.79 Å². The molecular weight excluding hydrogens is 296 g/mol. The summed E-state index contributed by atoms with van der Waals surface area (Å²) in [5.74, 6) is 1.05. The minimum atomic E-state index is -0.160. The number of methoxy groups -OCH3 is 2. The van der Waals surface area contributed by atoms with Crippen LogP contribution >= 0.6 is 0 Å². The second-order valence-electron chi connectivity index (χ2n) is 5.41. The Hall–Kier alpha value is -2.53. The van der Waals surface area contributed by atoms with Gasteiger partial charge in [-0.1, -0.05) is 0 Å². The third kappa shape index (κ3) is 2.53. The van der Waals surface area contributed by atoms with Gasteiger partial charge in [-0.25, -0.2) is 0 Å². The van der Waals surface area contributed by atoms with Crippen LogP contribution in [0.15, 0.2) is 33.5 Å². The zero-order chi connectivity index (χ0) is 16.6. The Morgan fingerprint density at radius 2 is 1.78 bits per heavy atom. The number of hydrogen-bond donors (Lipinski definition) is 1. The summed E-state index contributed by atoms with van der Waals surface area (Å²) in [4.78, 5) is 12.9. The molecule has 3 rings (SSSR count). The zero-order valence-electron chi connectivity index (χ0n) is 13.3. The molecule has 23 heavy (non-hydrogen) atoms. The monoisotopic (exact) mass is 314 g/mol. The van der Waals surface area contributed by atoms with Crippen molar-refractivity contribution in [1.29, 1.82) is 0 Å². The van der Waals surface area contributed by atoms with Crippen LogP contribution in [0.4, 0.5) is 0 Å². The van der Waals surface area contributed by atoms with Crippen LogP contribution in [0.2, 0.25) is 0 Å². The van der Waals surface area contributed by atoms with E-state index in [1.54, 1.807) is 12.1 Å². The summed E-state index contributed by atoms with van der Waals surface area (Å²) in [5, 5.41) is 10.0. The Kier molecular flexibility index (Phi) is 3.96. The van der Waals surface area contributed by atoms with Gasteiger partial charge in [0.25, 0.3) is 0 Å². The van der Waals surface area contributed by atoms with E-state index < -0.39 is 0 Å². The summed E-state index contributed by atoms with van der Waals surface area (Å²) in [6.07, 6.45) is 0.429. The highest BCUT2D eigenvalue weighted by molar-refractivity contribution is 5.94. The lowest BCUT2D eigenvalue weighted by Gasteiger charge is -2.11. The van der Waals surface area contributed by atoms with Gasteiger partial charge in [0.15, 0.2) is 0 Å². The molecule has 0 radical (unpaired) electrons. The zero-order valence-corrected chi connectivity index (χ0v) is 13.3. The Labute approximate surface area is 133 Å². The first-order chi connectivity index (χ1) is 11.1. The van der Waals surface area contributed by atoms with Crippen LogP contribution < -0.4 is 14.9 Å². The summed E-state index contributed by atoms with van der Waals surface area (Å²) < 4.78 is 16.6. The number of hydrogen-bond acceptors (Lipinski definition) is 5. The van der Waals surface area contributed by atoms with E-state index in [0.717, 1.165) is 11.1 Å². The number of benzene rings is 2. The first-order valence-corrected chi connectivity index (χ1v) is 7.32. The molecule has 0 saturated heterocycles. The maximum absolute atomic E-state index is 12.9. The van der Waals surface area contributed by atoms with Crippen LogP contribution in [0.5, 0.6) is 11.5 Å². The number of aliphatic hydroxyl groups excluding tert-OH is 1. The van der Waals surface area contributed by atoms with E-state index >= 15 is 0 Å². The van der Waals surface area contributed by atoms with Crippen molar-refractivity contribution in [2.45, 2.75) is 13.3 Å². The first-order valence-electron chi connectivity index (χ1n) is 7.32. The molecule has 0 unspecified atom stereocenters. The van der Waals surface area contributed by atoms with Gasteiger partial charge < -0.3 is 19.0 Å². The van der Waals surface area contributed by atoms with Crippen LogP contribution in [0.25, 0.3) is 21.9 Å². The van der Waals surface area contributed by atoms with Crippen molar-refractivity contribution in [2.75, 3.05) is 20.8 Å². The quantitative estimate of drug-likeness (QED) is 0.750. The summed E-state index contributed by atoms with van der Waals surface area (Å²) in [5.41, 5.74) is 2.54. The van der Waals surface area contributed by atoms with Crippen molar-refractivity contribution in [3.63, 3.8) is 0 Å². The standard InChI is InChI=1S/C18H18O5/c1-10-6-15(22-3)17-16(7-10)23-14-8-11(4-5-19)13(21-2)9-12(14)18(17)20/h6-9,19H,4-5H2,1-3H3. The molecular formula is C18H18O5. The normalized spacial score (nSPS) is 11.1. The fourth-order valence-electron chi connectivity index (χ4n) is 2.81. The summed E-state index contributed by atoms with van der Waals surface area (Å²) in [7, 11) is 3.07. The van der Waals surface area contributed by atoms with E-state index in [2.05, 4.69) is 0 Å². The predicted octanol–water partition coefficient (Wildman–Crippen LogP) is 2.81. The average Bonchev–Trinajstić information content (AvgIpc) is 2.53. The van der Waals surface area contributed by atoms with Gasteiger partial charge in [0, 0.05) is 12.2 Å². The van der Waals surface area contributed by atoms with Gasteiger partial charge in [0.1, 0.15) is 28.1 Å². The van der Waals surface area contributed by atoms with Gasteiger partial charge in [0.05, 0.1) is 19.6 Å². The van der Waals surface area contributed by atoms with E-state index in [4.69, 9.17) is 13.9 Å². The number of rotatable bonds is 4. The van der Waals surface area contributed by atoms with Crippen LogP contribution in [0, 0.1) is 6.92 Å². The molecule has 1 N–H and O–H groups in total. The number of fused-ring (bicyclic) bond motifs is 2. The van der Waals surface area contributed by atoms with Crippen molar-refractivity contribution >= 4 is 21.9 Å². The summed E-state index contributed by atoms with van der Waals surface area (Å²) >= 11 is 0. The third-order valence-electron chi connectivity index (χ3n) is 3.89. The van der Waals surface area contributed by atoms with E-state index in [-0.39, 0.29) is 12.0 Å². The van der Waals surface area contributed by atoms with Crippen LogP contribution in [0.1, 0.15) is 11.1 Å². The molecule has 0 aliphatic carbocycles. The van der Waals surface area contributed by atoms with E-state index in [0.29, 0.717) is 39.9 Å². The highest BCUT2D eigenvalue weighted by atomic mass is 16.5. The number of aliphatic hydroxyl groups is 1. The lowest BCUT2D eigenvalue weighted by molar-refractivity contribution is 0.297. The fourth-order valence-corrected chi connectivity index (χ4v) is 2.81. The second kappa shape index (κ2) is 5.93. The molecule has 1 aromatic heterocycles. The predicted molar refractivity (Wildman–Crippen MR) is 88.6 cm³/mol. The molecule has 0 atom stereocenters. The Bertz CT molecular complexity index is 940. The first kappa shape index (κ1) is 15.4. The average molecular weight is 314 g/mol. The van der Waals surface area contributed by atoms with Crippen molar-refractivity contribution < 1.29 is 19.0 Å². The molecule has 0 aliphatic heterocycles. The number of ether oxygens (including phenoxy) is 2. The van der Waals surface area contributed by atoms with Gasteiger partial charge in [-0.15, -0.1) is 0 Å². The molecule has 1 heterocycles. The minimum Gasteiger partial charge on any atom is -0.496 e. The van der Waals surface area contributed by atoms with Gasteiger partial charge in [-0.05, 0) is 43.2 Å². The lowest BCUT2D eigenvalue weighted by Crippen LogP contribution is -2.06. The molecule has 0 bridgehead atoms. The second-order valence-corrected chi connectivity index (χ2v) is 5.41. The fraction of sp³-hybridized carbons (Fsp3) is 0.278. The van der Waals surface area contributed by atoms with Crippen molar-refractivity contribution in [3.05, 3.63) is 45.6 Å². The van der Waals surface area contributed by atoms with E-state index in [1.807, 2.05) is 19.1 Å². The third-order valence-corrected chi connectivity index (χ3v) is 3.89. The van der Waals surface area contributed by atoms with Crippen molar-refractivity contribution in [3.8, 4) is 11.5 Å². The SMILES string of the molecule is COc1cc2c(=O)c3c(OC)cc(C)cc3oc2cc1CCO. The number of aryl methyl sites for hydroxylation is 1. The van der Waals surface area contributed by atoms with Crippen molar-refractivity contribution in [2.24, 2.45) is 0 Å². The molecule has 120 valence electrons. The topological polar surface area (TPSA) is 68.9 Å². The highest BCUT2D eigenvalue weighted by Gasteiger charge is 2.15. The van der Waals surface area contributed by atoms with Crippen LogP contribution in [-0.2, 0) is 6.42 Å². The largest absolute Gasteiger partial charge is 0.496 e. The lowest BCUT2D eigenvalue weighted by atomic mass is 10.0. The van der Waals surface area contributed by atoms with E-state index in [9.17, 15) is 9.90 Å². The molecule has 0 saturated carbocycles. The van der Waals surface area contributed by atoms with Gasteiger partial charge >= 0.3 is 0 Å². The van der Waals surface area contributed by atoms with Gasteiger partial charge in [0.2, 0.25) is 5.43 Å². The Morgan fingerprint density at radius 3 is 2.43 bits per heavy atom. The van der Waals surface area contributed by atoms with E-state index in [1.165, 1.54) is 14.2 Å². The molecule has 0 spiro atoms. The molecule has 0 amide bonds.